The molecule has 0 saturated heterocycles. The van der Waals surface area contributed by atoms with E-state index in [4.69, 9.17) is 9.47 Å². The van der Waals surface area contributed by atoms with E-state index in [1.807, 2.05) is 19.9 Å². The van der Waals surface area contributed by atoms with E-state index in [1.54, 1.807) is 42.5 Å². The number of aryl methyl sites for hydroxylation is 1. The number of hydrogen-bond donors (Lipinski definition) is 2. The number of carbonyl (C=O) groups excluding carboxylic acids is 2. The lowest BCUT2D eigenvalue weighted by Gasteiger charge is -2.11. The van der Waals surface area contributed by atoms with Crippen molar-refractivity contribution in [1.29, 1.82) is 0 Å². The van der Waals surface area contributed by atoms with E-state index in [9.17, 15) is 14.0 Å². The first-order chi connectivity index (χ1) is 15.9. The van der Waals surface area contributed by atoms with Gasteiger partial charge in [-0.3, -0.25) is 9.59 Å². The molecule has 3 rings (SSSR count). The molecule has 0 radical (unpaired) electrons. The minimum Gasteiger partial charge on any atom is -0.493 e. The van der Waals surface area contributed by atoms with Crippen molar-refractivity contribution in [3.05, 3.63) is 88.7 Å². The van der Waals surface area contributed by atoms with Crippen molar-refractivity contribution in [1.82, 2.24) is 5.43 Å². The van der Waals surface area contributed by atoms with Crippen molar-refractivity contribution in [3.63, 3.8) is 0 Å². The number of rotatable bonds is 7. The molecular weight excluding hydrogens is 425 g/mol. The Morgan fingerprint density at radius 2 is 1.76 bits per heavy atom. The predicted molar refractivity (Wildman–Crippen MR) is 124 cm³/mol. The van der Waals surface area contributed by atoms with Crippen LogP contribution in [0.25, 0.3) is 0 Å². The molecule has 3 aromatic carbocycles. The molecule has 0 heterocycles. The van der Waals surface area contributed by atoms with Gasteiger partial charge in [-0.1, -0.05) is 24.3 Å². The largest absolute Gasteiger partial charge is 0.493 e. The zero-order chi connectivity index (χ0) is 23.8. The number of hydrazone groups is 1. The SMILES string of the molecule is COc1cc(/C=N\NC(=O)C(=O)Nc2cccc(C)c2C)ccc1OCc1ccc(F)cc1. The van der Waals surface area contributed by atoms with E-state index >= 15 is 0 Å². The fourth-order valence-corrected chi connectivity index (χ4v) is 2.91. The number of anilines is 1. The van der Waals surface area contributed by atoms with Crippen molar-refractivity contribution in [2.75, 3.05) is 12.4 Å². The summed E-state index contributed by atoms with van der Waals surface area (Å²) in [7, 11) is 1.50. The lowest BCUT2D eigenvalue weighted by Crippen LogP contribution is -2.32. The molecule has 0 atom stereocenters. The highest BCUT2D eigenvalue weighted by Gasteiger charge is 2.14. The first-order valence-electron chi connectivity index (χ1n) is 10.1. The monoisotopic (exact) mass is 449 g/mol. The van der Waals surface area contributed by atoms with Gasteiger partial charge in [-0.25, -0.2) is 9.82 Å². The Morgan fingerprint density at radius 1 is 1.00 bits per heavy atom. The molecule has 0 aromatic heterocycles. The van der Waals surface area contributed by atoms with Gasteiger partial charge in [-0.2, -0.15) is 5.10 Å². The molecule has 8 heteroatoms. The maximum atomic E-state index is 13.0. The average molecular weight is 449 g/mol. The Morgan fingerprint density at radius 3 is 2.48 bits per heavy atom. The quantitative estimate of drug-likeness (QED) is 0.323. The van der Waals surface area contributed by atoms with Crippen LogP contribution >= 0.6 is 0 Å². The van der Waals surface area contributed by atoms with E-state index in [2.05, 4.69) is 15.8 Å². The van der Waals surface area contributed by atoms with Gasteiger partial charge >= 0.3 is 11.8 Å². The smallest absolute Gasteiger partial charge is 0.329 e. The van der Waals surface area contributed by atoms with Crippen molar-refractivity contribution in [2.24, 2.45) is 5.10 Å². The molecule has 2 amide bonds. The highest BCUT2D eigenvalue weighted by molar-refractivity contribution is 6.39. The number of amides is 2. The molecule has 0 fully saturated rings. The summed E-state index contributed by atoms with van der Waals surface area (Å²) in [4.78, 5) is 24.2. The summed E-state index contributed by atoms with van der Waals surface area (Å²) in [6.45, 7) is 4.03. The number of nitrogens with one attached hydrogen (secondary N) is 2. The topological polar surface area (TPSA) is 89.0 Å². The number of methoxy groups -OCH3 is 1. The Labute approximate surface area is 191 Å². The molecule has 0 spiro atoms. The minimum absolute atomic E-state index is 0.246. The van der Waals surface area contributed by atoms with Crippen molar-refractivity contribution in [2.45, 2.75) is 20.5 Å². The first kappa shape index (κ1) is 23.5. The van der Waals surface area contributed by atoms with E-state index in [-0.39, 0.29) is 12.4 Å². The molecule has 170 valence electrons. The molecule has 0 aliphatic carbocycles. The Hall–Kier alpha value is -4.20. The summed E-state index contributed by atoms with van der Waals surface area (Å²) in [6.07, 6.45) is 1.38. The van der Waals surface area contributed by atoms with E-state index < -0.39 is 11.8 Å². The third-order valence-corrected chi connectivity index (χ3v) is 4.93. The summed E-state index contributed by atoms with van der Waals surface area (Å²) in [6, 6.07) is 16.5. The number of benzene rings is 3. The Bertz CT molecular complexity index is 1180. The molecule has 0 aliphatic rings. The average Bonchev–Trinajstić information content (AvgIpc) is 2.81. The maximum Gasteiger partial charge on any atom is 0.329 e. The molecule has 7 nitrogen and oxygen atoms in total. The van der Waals surface area contributed by atoms with Gasteiger partial charge < -0.3 is 14.8 Å². The molecule has 0 saturated carbocycles. The fraction of sp³-hybridized carbons (Fsp3) is 0.160. The highest BCUT2D eigenvalue weighted by atomic mass is 19.1. The van der Waals surface area contributed by atoms with Crippen LogP contribution in [0.1, 0.15) is 22.3 Å². The first-order valence-corrected chi connectivity index (χ1v) is 10.1. The van der Waals surface area contributed by atoms with Crippen LogP contribution in [0.3, 0.4) is 0 Å². The summed E-state index contributed by atoms with van der Waals surface area (Å²) in [5, 5.41) is 6.41. The van der Waals surface area contributed by atoms with Crippen molar-refractivity contribution < 1.29 is 23.5 Å². The van der Waals surface area contributed by atoms with Crippen LogP contribution in [0.5, 0.6) is 11.5 Å². The van der Waals surface area contributed by atoms with E-state index in [1.165, 1.54) is 25.5 Å². The number of ether oxygens (including phenoxy) is 2. The van der Waals surface area contributed by atoms with Gasteiger partial charge in [0.25, 0.3) is 0 Å². The summed E-state index contributed by atoms with van der Waals surface area (Å²) >= 11 is 0. The maximum absolute atomic E-state index is 13.0. The van der Waals surface area contributed by atoms with Crippen LogP contribution in [0, 0.1) is 19.7 Å². The molecule has 2 N–H and O–H groups in total. The van der Waals surface area contributed by atoms with Gasteiger partial charge in [-0.05, 0) is 72.5 Å². The minimum atomic E-state index is -0.890. The van der Waals surface area contributed by atoms with Crippen LogP contribution < -0.4 is 20.2 Å². The summed E-state index contributed by atoms with van der Waals surface area (Å²) in [5.74, 6) is -1.06. The molecule has 0 bridgehead atoms. The molecule has 0 unspecified atom stereocenters. The van der Waals surface area contributed by atoms with Crippen molar-refractivity contribution in [3.8, 4) is 11.5 Å². The van der Waals surface area contributed by atoms with Crippen LogP contribution in [0.2, 0.25) is 0 Å². The Kier molecular flexibility index (Phi) is 7.75. The zero-order valence-corrected chi connectivity index (χ0v) is 18.5. The molecule has 3 aromatic rings. The fourth-order valence-electron chi connectivity index (χ4n) is 2.91. The number of carbonyl (C=O) groups is 2. The number of halogens is 1. The van der Waals surface area contributed by atoms with Crippen LogP contribution in [0.4, 0.5) is 10.1 Å². The summed E-state index contributed by atoms with van der Waals surface area (Å²) in [5.41, 5.74) is 6.10. The third kappa shape index (κ3) is 6.39. The predicted octanol–water partition coefficient (Wildman–Crippen LogP) is 4.12. The second-order valence-electron chi connectivity index (χ2n) is 7.23. The molecule has 33 heavy (non-hydrogen) atoms. The number of hydrogen-bond acceptors (Lipinski definition) is 5. The molecule has 0 aliphatic heterocycles. The zero-order valence-electron chi connectivity index (χ0n) is 18.5. The highest BCUT2D eigenvalue weighted by Crippen LogP contribution is 2.28. The van der Waals surface area contributed by atoms with Gasteiger partial charge in [-0.15, -0.1) is 0 Å². The number of nitrogens with zero attached hydrogens (tertiary/aromatic N) is 1. The van der Waals surface area contributed by atoms with Gasteiger partial charge in [0, 0.05) is 5.69 Å². The lowest BCUT2D eigenvalue weighted by atomic mass is 10.1. The van der Waals surface area contributed by atoms with Gasteiger partial charge in [0.05, 0.1) is 13.3 Å². The summed E-state index contributed by atoms with van der Waals surface area (Å²) < 4.78 is 24.1. The van der Waals surface area contributed by atoms with Crippen LogP contribution in [-0.4, -0.2) is 25.1 Å². The van der Waals surface area contributed by atoms with Crippen LogP contribution in [0.15, 0.2) is 65.8 Å². The standard InChI is InChI=1S/C25H24FN3O4/c1-16-5-4-6-21(17(16)2)28-24(30)25(31)29-27-14-19-9-12-22(23(13-19)32-3)33-15-18-7-10-20(26)11-8-18/h4-14H,15H2,1-3H3,(H,28,30)(H,29,31)/b27-14-. The van der Waals surface area contributed by atoms with E-state index in [0.717, 1.165) is 16.7 Å². The lowest BCUT2D eigenvalue weighted by molar-refractivity contribution is -0.136. The normalized spacial score (nSPS) is 10.7. The second kappa shape index (κ2) is 10.9. The third-order valence-electron chi connectivity index (χ3n) is 4.93. The molecular formula is C25H24FN3O4. The van der Waals surface area contributed by atoms with Gasteiger partial charge in [0.1, 0.15) is 12.4 Å². The van der Waals surface area contributed by atoms with Gasteiger partial charge in [0.2, 0.25) is 0 Å². The Balaban J connectivity index is 1.57. The van der Waals surface area contributed by atoms with E-state index in [0.29, 0.717) is 22.7 Å². The van der Waals surface area contributed by atoms with Crippen molar-refractivity contribution >= 4 is 23.7 Å². The van der Waals surface area contributed by atoms with Crippen LogP contribution in [-0.2, 0) is 16.2 Å². The van der Waals surface area contributed by atoms with Gasteiger partial charge in [0.15, 0.2) is 11.5 Å². The second-order valence-corrected chi connectivity index (χ2v) is 7.23.